The van der Waals surface area contributed by atoms with E-state index in [-0.39, 0.29) is 23.0 Å². The molecule has 0 atom stereocenters. The highest BCUT2D eigenvalue weighted by Crippen LogP contribution is 2.34. The molecule has 1 aliphatic heterocycles. The first-order valence-corrected chi connectivity index (χ1v) is 21.6. The van der Waals surface area contributed by atoms with E-state index in [2.05, 4.69) is 110 Å². The Morgan fingerprint density at radius 1 is 0.286 bits per heavy atom. The Kier molecular flexibility index (Phi) is 9.85. The highest BCUT2D eigenvalue weighted by atomic mass is 127. The Labute approximate surface area is 374 Å². The van der Waals surface area contributed by atoms with Crippen LogP contribution >= 0.6 is 90.4 Å². The molecule has 5 heterocycles. The Morgan fingerprint density at radius 3 is 0.750 bits per heavy atom. The van der Waals surface area contributed by atoms with Crippen molar-refractivity contribution in [3.05, 3.63) is 202 Å². The number of aromatic amines is 4. The molecule has 0 amide bonds. The van der Waals surface area contributed by atoms with Gasteiger partial charge in [-0.05, 0) is 212 Å². The number of hydrogen-bond acceptors (Lipinski definition) is 4. The zero-order valence-electron chi connectivity index (χ0n) is 28.8. The number of benzene rings is 4. The number of phenols is 4. The van der Waals surface area contributed by atoms with E-state index in [0.717, 1.165) is 103 Å². The Hall–Kier alpha value is -4.40. The molecule has 1 aliphatic rings. The molecule has 12 heteroatoms. The number of H-pyrrole nitrogens is 4. The van der Waals surface area contributed by atoms with E-state index in [1.54, 1.807) is 48.5 Å². The summed E-state index contributed by atoms with van der Waals surface area (Å²) in [5.74, 6) is 0.585. The molecule has 4 aromatic carbocycles. The van der Waals surface area contributed by atoms with Gasteiger partial charge in [-0.2, -0.15) is 0 Å². The number of halogens is 4. The van der Waals surface area contributed by atoms with E-state index in [4.69, 9.17) is 0 Å². The highest BCUT2D eigenvalue weighted by molar-refractivity contribution is 14.1. The summed E-state index contributed by atoms with van der Waals surface area (Å²) in [6.07, 6.45) is 0. The molecule has 0 spiro atoms. The lowest BCUT2D eigenvalue weighted by Gasteiger charge is -2.12. The van der Waals surface area contributed by atoms with Gasteiger partial charge in [0.15, 0.2) is 0 Å². The summed E-state index contributed by atoms with van der Waals surface area (Å²) < 4.78 is 3.79. The molecule has 276 valence electrons. The van der Waals surface area contributed by atoms with Crippen molar-refractivity contribution < 1.29 is 20.4 Å². The third-order valence-electron chi connectivity index (χ3n) is 9.78. The van der Waals surface area contributed by atoms with Gasteiger partial charge in [0.05, 0.1) is 0 Å². The van der Waals surface area contributed by atoms with Crippen LogP contribution < -0.4 is 21.4 Å². The molecule has 0 fully saturated rings. The van der Waals surface area contributed by atoms with E-state index in [9.17, 15) is 20.4 Å². The van der Waals surface area contributed by atoms with Crippen molar-refractivity contribution in [1.29, 1.82) is 0 Å². The van der Waals surface area contributed by atoms with Gasteiger partial charge in [-0.1, -0.05) is 0 Å². The van der Waals surface area contributed by atoms with Gasteiger partial charge in [0.2, 0.25) is 0 Å². The first-order valence-electron chi connectivity index (χ1n) is 17.2. The van der Waals surface area contributed by atoms with Crippen LogP contribution in [0, 0.1) is 14.3 Å². The lowest BCUT2D eigenvalue weighted by Crippen LogP contribution is -2.19. The fourth-order valence-electron chi connectivity index (χ4n) is 7.31. The van der Waals surface area contributed by atoms with Crippen molar-refractivity contribution in [2.24, 2.45) is 0 Å². The fourth-order valence-corrected chi connectivity index (χ4v) is 9.73. The quantitative estimate of drug-likeness (QED) is 0.0863. The van der Waals surface area contributed by atoms with Gasteiger partial charge in [-0.25, -0.2) is 0 Å². The van der Waals surface area contributed by atoms with Crippen LogP contribution in [0.4, 0.5) is 0 Å². The second-order valence-electron chi connectivity index (χ2n) is 13.3. The summed E-state index contributed by atoms with van der Waals surface area (Å²) in [4.78, 5) is 14.9. The second kappa shape index (κ2) is 14.8. The summed E-state index contributed by atoms with van der Waals surface area (Å²) in [6, 6.07) is 37.7. The minimum atomic E-state index is 0.146. The largest absolute Gasteiger partial charge is 0.508 e. The third kappa shape index (κ3) is 6.76. The lowest BCUT2D eigenvalue weighted by atomic mass is 10.0. The molecule has 4 aromatic heterocycles. The maximum Gasteiger partial charge on any atom is 0.116 e. The van der Waals surface area contributed by atoms with E-state index < -0.39 is 0 Å². The molecule has 0 radical (unpaired) electrons. The summed E-state index contributed by atoms with van der Waals surface area (Å²) in [6.45, 7) is 0. The van der Waals surface area contributed by atoms with Crippen LogP contribution in [0.25, 0.3) is 22.3 Å². The Morgan fingerprint density at radius 2 is 0.518 bits per heavy atom. The van der Waals surface area contributed by atoms with Crippen molar-refractivity contribution in [1.82, 2.24) is 19.9 Å². The monoisotopic (exact) mass is 1180 g/mol. The molecule has 0 aliphatic carbocycles. The van der Waals surface area contributed by atoms with Crippen LogP contribution in [0.2, 0.25) is 0 Å². The van der Waals surface area contributed by atoms with Crippen LogP contribution in [0.1, 0.15) is 45.0 Å². The molecule has 8 bridgehead atoms. The van der Waals surface area contributed by atoms with Gasteiger partial charge >= 0.3 is 0 Å². The molecule has 8 nitrogen and oxygen atoms in total. The topological polar surface area (TPSA) is 144 Å². The number of aromatic nitrogens is 4. The molecular weight excluding hydrogens is 1160 g/mol. The van der Waals surface area contributed by atoms with Crippen molar-refractivity contribution in [3.8, 4) is 23.0 Å². The van der Waals surface area contributed by atoms with Crippen LogP contribution in [-0.2, 0) is 0 Å². The van der Waals surface area contributed by atoms with E-state index >= 15 is 0 Å². The van der Waals surface area contributed by atoms with E-state index in [0.29, 0.717) is 0 Å². The fraction of sp³-hybridized carbons (Fsp3) is 0. The summed E-state index contributed by atoms with van der Waals surface area (Å²) in [5.41, 5.74) is 9.94. The normalized spacial score (nSPS) is 12.8. The average molecular weight is 1180 g/mol. The number of phenolic OH excluding ortho intramolecular Hbond substituents is 4. The number of fused-ring (bicyclic) bond motifs is 8. The molecule has 56 heavy (non-hydrogen) atoms. The standard InChI is InChI=1S/C44H28I4N4O4/c45-29-5-1-21(53)17-25(29)41-33-9-11-35(49-33)42(26-18-22(54)2-6-30(26)46)37-13-15-39(51-37)44(28-20-24(56)4-8-32(28)48)40-16-14-38(52-40)43(36-12-10-34(41)50-36)27-19-23(55)3-7-31(27)47/h1-20,49-56H. The van der Waals surface area contributed by atoms with Crippen molar-refractivity contribution in [2.75, 3.05) is 0 Å². The predicted molar refractivity (Wildman–Crippen MR) is 251 cm³/mol. The minimum Gasteiger partial charge on any atom is -0.508 e. The van der Waals surface area contributed by atoms with Gasteiger partial charge in [-0.15, -0.1) is 0 Å². The van der Waals surface area contributed by atoms with Crippen LogP contribution in [-0.4, -0.2) is 40.4 Å². The van der Waals surface area contributed by atoms with Crippen molar-refractivity contribution in [3.63, 3.8) is 0 Å². The first kappa shape index (κ1) is 37.2. The van der Waals surface area contributed by atoms with E-state index in [1.807, 2.05) is 72.8 Å². The number of nitrogens with one attached hydrogen (secondary N) is 4. The van der Waals surface area contributed by atoms with Crippen LogP contribution in [0.3, 0.4) is 0 Å². The number of hydrogen-bond donors (Lipinski definition) is 8. The van der Waals surface area contributed by atoms with E-state index in [1.165, 1.54) is 0 Å². The Bertz CT molecular complexity index is 2740. The van der Waals surface area contributed by atoms with Gasteiger partial charge in [0.1, 0.15) is 23.0 Å². The zero-order valence-corrected chi connectivity index (χ0v) is 37.5. The number of rotatable bonds is 4. The molecule has 0 saturated heterocycles. The summed E-state index contributed by atoms with van der Waals surface area (Å²) in [5, 5.41) is 46.3. The van der Waals surface area contributed by atoms with Crippen LogP contribution in [0.15, 0.2) is 121 Å². The molecule has 0 saturated carbocycles. The van der Waals surface area contributed by atoms with Gasteiger partial charge in [-0.3, -0.25) is 0 Å². The SMILES string of the molecule is Oc1ccc(I)c(C2=c3ccc([nH]3)=C(c3cc(O)ccc3I)c3ccc([nH]3)C(c3cc(O)ccc3I)=c3ccc([nH]3)=C(c3cc(O)ccc3I)c3ccc2[nH]3)c1. The first-order chi connectivity index (χ1) is 27.0. The minimum absolute atomic E-state index is 0.146. The average Bonchev–Trinajstić information content (AvgIpc) is 4.01. The maximum atomic E-state index is 10.8. The third-order valence-corrected chi connectivity index (χ3v) is 13.5. The lowest BCUT2D eigenvalue weighted by molar-refractivity contribution is 0.474. The summed E-state index contributed by atoms with van der Waals surface area (Å²) in [7, 11) is 0. The summed E-state index contributed by atoms with van der Waals surface area (Å²) >= 11 is 9.21. The van der Waals surface area contributed by atoms with Gasteiger partial charge in [0.25, 0.3) is 0 Å². The second-order valence-corrected chi connectivity index (χ2v) is 17.9. The van der Waals surface area contributed by atoms with Crippen molar-refractivity contribution in [2.45, 2.75) is 0 Å². The molecule has 8 aromatic rings. The number of aromatic hydroxyl groups is 4. The maximum absolute atomic E-state index is 10.8. The van der Waals surface area contributed by atoms with Crippen molar-refractivity contribution >= 4 is 113 Å². The van der Waals surface area contributed by atoms with Crippen LogP contribution in [0.5, 0.6) is 23.0 Å². The van der Waals surface area contributed by atoms with Gasteiger partial charge in [0, 0.05) is 103 Å². The molecular formula is C44H28I4N4O4. The highest BCUT2D eigenvalue weighted by Gasteiger charge is 2.22. The predicted octanol–water partition coefficient (Wildman–Crippen LogP) is 7.54. The smallest absolute Gasteiger partial charge is 0.116 e. The Balaban J connectivity index is 1.48. The molecule has 0 unspecified atom stereocenters. The molecule has 9 rings (SSSR count). The molecule has 8 N–H and O–H groups in total. The zero-order chi connectivity index (χ0) is 38.8. The van der Waals surface area contributed by atoms with Gasteiger partial charge < -0.3 is 40.4 Å².